The Labute approximate surface area is 114 Å². The number of hydrogen-bond donors (Lipinski definition) is 2. The van der Waals surface area contributed by atoms with E-state index in [1.165, 1.54) is 7.11 Å². The van der Waals surface area contributed by atoms with Gasteiger partial charge in [0, 0.05) is 19.2 Å². The first-order valence-electron chi connectivity index (χ1n) is 6.57. The van der Waals surface area contributed by atoms with Gasteiger partial charge in [-0.1, -0.05) is 37.3 Å². The highest BCUT2D eigenvalue weighted by molar-refractivity contribution is 5.78. The Morgan fingerprint density at radius 2 is 1.95 bits per heavy atom. The third kappa shape index (κ3) is 4.65. The van der Waals surface area contributed by atoms with Crippen LogP contribution in [0.5, 0.6) is 0 Å². The minimum atomic E-state index is -0.320. The Balaban J connectivity index is 2.69. The summed E-state index contributed by atoms with van der Waals surface area (Å²) in [7, 11) is 1.40. The molecule has 106 valence electrons. The number of nitrogens with one attached hydrogen (secondary N) is 1. The summed E-state index contributed by atoms with van der Waals surface area (Å²) < 4.78 is 4.86. The van der Waals surface area contributed by atoms with Crippen LogP contribution >= 0.6 is 0 Å². The smallest absolute Gasteiger partial charge is 0.314 e. The van der Waals surface area contributed by atoms with E-state index in [1.807, 2.05) is 44.2 Å². The van der Waals surface area contributed by atoms with Crippen LogP contribution in [-0.2, 0) is 9.53 Å². The van der Waals surface area contributed by atoms with Gasteiger partial charge in [-0.25, -0.2) is 0 Å². The van der Waals surface area contributed by atoms with Gasteiger partial charge in [0.25, 0.3) is 0 Å². The molecular weight excluding hydrogens is 242 g/mol. The molecule has 1 aromatic carbocycles. The van der Waals surface area contributed by atoms with E-state index in [1.54, 1.807) is 0 Å². The summed E-state index contributed by atoms with van der Waals surface area (Å²) in [6.45, 7) is 4.60. The van der Waals surface area contributed by atoms with Crippen molar-refractivity contribution < 1.29 is 14.6 Å². The summed E-state index contributed by atoms with van der Waals surface area (Å²) in [5.41, 5.74) is 0.936. The van der Waals surface area contributed by atoms with E-state index in [0.717, 1.165) is 5.56 Å². The average molecular weight is 265 g/mol. The van der Waals surface area contributed by atoms with Crippen molar-refractivity contribution in [3.8, 4) is 0 Å². The fourth-order valence-corrected chi connectivity index (χ4v) is 1.83. The van der Waals surface area contributed by atoms with E-state index in [-0.39, 0.29) is 30.5 Å². The first kappa shape index (κ1) is 15.7. The minimum Gasteiger partial charge on any atom is -0.469 e. The summed E-state index contributed by atoms with van der Waals surface area (Å²) in [4.78, 5) is 11.9. The number of carbonyl (C=O) groups excluding carboxylic acids is 1. The molecule has 19 heavy (non-hydrogen) atoms. The molecule has 0 amide bonds. The first-order chi connectivity index (χ1) is 9.10. The number of benzene rings is 1. The van der Waals surface area contributed by atoms with Gasteiger partial charge in [-0.05, 0) is 18.4 Å². The number of esters is 1. The largest absolute Gasteiger partial charge is 0.469 e. The molecule has 1 rings (SSSR count). The van der Waals surface area contributed by atoms with Crippen molar-refractivity contribution in [2.45, 2.75) is 25.8 Å². The van der Waals surface area contributed by atoms with Gasteiger partial charge < -0.3 is 15.2 Å². The zero-order valence-electron chi connectivity index (χ0n) is 11.8. The molecular formula is C15H23NO3. The van der Waals surface area contributed by atoms with E-state index in [4.69, 9.17) is 9.84 Å². The van der Waals surface area contributed by atoms with Crippen LogP contribution in [0.1, 0.15) is 25.3 Å². The molecule has 0 saturated heterocycles. The Morgan fingerprint density at radius 1 is 1.32 bits per heavy atom. The number of ether oxygens (including phenoxy) is 1. The lowest BCUT2D eigenvalue weighted by atomic mass is 9.97. The van der Waals surface area contributed by atoms with Gasteiger partial charge in [0.05, 0.1) is 13.0 Å². The zero-order valence-corrected chi connectivity index (χ0v) is 11.8. The van der Waals surface area contributed by atoms with Crippen LogP contribution in [0.4, 0.5) is 0 Å². The number of carbonyl (C=O) groups is 1. The van der Waals surface area contributed by atoms with Crippen molar-refractivity contribution in [3.05, 3.63) is 35.9 Å². The molecule has 0 fully saturated rings. The average Bonchev–Trinajstić information content (AvgIpc) is 2.47. The molecule has 0 spiro atoms. The predicted octanol–water partition coefficient (Wildman–Crippen LogP) is 1.55. The SMILES string of the molecule is COC(=O)C(CNC(C)C(C)CO)c1ccccc1. The topological polar surface area (TPSA) is 58.6 Å². The Morgan fingerprint density at radius 3 is 2.47 bits per heavy atom. The van der Waals surface area contributed by atoms with Gasteiger partial charge in [0.1, 0.15) is 0 Å². The fourth-order valence-electron chi connectivity index (χ4n) is 1.83. The highest BCUT2D eigenvalue weighted by Gasteiger charge is 2.22. The lowest BCUT2D eigenvalue weighted by Crippen LogP contribution is -2.38. The second-order valence-electron chi connectivity index (χ2n) is 4.84. The Bertz CT molecular complexity index is 380. The maximum absolute atomic E-state index is 11.9. The molecule has 0 aliphatic carbocycles. The number of rotatable bonds is 7. The summed E-state index contributed by atoms with van der Waals surface area (Å²) in [6.07, 6.45) is 0. The molecule has 0 radical (unpaired) electrons. The van der Waals surface area contributed by atoms with E-state index in [9.17, 15) is 4.79 Å². The zero-order chi connectivity index (χ0) is 14.3. The maximum atomic E-state index is 11.9. The second kappa shape index (κ2) is 7.92. The molecule has 0 aromatic heterocycles. The maximum Gasteiger partial charge on any atom is 0.314 e. The van der Waals surface area contributed by atoms with E-state index in [2.05, 4.69) is 5.32 Å². The van der Waals surface area contributed by atoms with Gasteiger partial charge >= 0.3 is 5.97 Å². The van der Waals surface area contributed by atoms with Crippen LogP contribution in [0.2, 0.25) is 0 Å². The van der Waals surface area contributed by atoms with E-state index < -0.39 is 0 Å². The standard InChI is InChI=1S/C15H23NO3/c1-11(10-17)12(2)16-9-14(15(18)19-3)13-7-5-4-6-8-13/h4-8,11-12,14,16-17H,9-10H2,1-3H3. The molecule has 4 nitrogen and oxygen atoms in total. The molecule has 0 bridgehead atoms. The van der Waals surface area contributed by atoms with Crippen molar-refractivity contribution in [1.82, 2.24) is 5.32 Å². The van der Waals surface area contributed by atoms with Crippen molar-refractivity contribution >= 4 is 5.97 Å². The van der Waals surface area contributed by atoms with Crippen LogP contribution in [0, 0.1) is 5.92 Å². The van der Waals surface area contributed by atoms with Crippen molar-refractivity contribution in [3.63, 3.8) is 0 Å². The predicted molar refractivity (Wildman–Crippen MR) is 74.9 cm³/mol. The third-order valence-electron chi connectivity index (χ3n) is 3.47. The molecule has 3 unspecified atom stereocenters. The highest BCUT2D eigenvalue weighted by Crippen LogP contribution is 2.17. The van der Waals surface area contributed by atoms with Gasteiger partial charge in [-0.15, -0.1) is 0 Å². The fraction of sp³-hybridized carbons (Fsp3) is 0.533. The van der Waals surface area contributed by atoms with Crippen LogP contribution in [-0.4, -0.2) is 37.4 Å². The van der Waals surface area contributed by atoms with E-state index in [0.29, 0.717) is 6.54 Å². The van der Waals surface area contributed by atoms with Crippen molar-refractivity contribution in [1.29, 1.82) is 0 Å². The van der Waals surface area contributed by atoms with E-state index >= 15 is 0 Å². The number of aliphatic hydroxyl groups is 1. The normalized spacial score (nSPS) is 15.6. The molecule has 1 aromatic rings. The number of aliphatic hydroxyl groups excluding tert-OH is 1. The van der Waals surface area contributed by atoms with Crippen LogP contribution in [0.25, 0.3) is 0 Å². The lowest BCUT2D eigenvalue weighted by molar-refractivity contribution is -0.142. The van der Waals surface area contributed by atoms with Gasteiger partial charge in [0.15, 0.2) is 0 Å². The Kier molecular flexibility index (Phi) is 6.53. The molecule has 0 saturated carbocycles. The molecule has 3 atom stereocenters. The Hall–Kier alpha value is -1.39. The molecule has 0 aliphatic heterocycles. The first-order valence-corrected chi connectivity index (χ1v) is 6.57. The third-order valence-corrected chi connectivity index (χ3v) is 3.47. The molecule has 2 N–H and O–H groups in total. The summed E-state index contributed by atoms with van der Waals surface area (Å²) in [6, 6.07) is 9.71. The summed E-state index contributed by atoms with van der Waals surface area (Å²) >= 11 is 0. The second-order valence-corrected chi connectivity index (χ2v) is 4.84. The lowest BCUT2D eigenvalue weighted by Gasteiger charge is -2.22. The van der Waals surface area contributed by atoms with Crippen molar-refractivity contribution in [2.75, 3.05) is 20.3 Å². The van der Waals surface area contributed by atoms with Gasteiger partial charge in [-0.3, -0.25) is 4.79 Å². The number of hydrogen-bond acceptors (Lipinski definition) is 4. The van der Waals surface area contributed by atoms with Gasteiger partial charge in [0.2, 0.25) is 0 Å². The minimum absolute atomic E-state index is 0.127. The quantitative estimate of drug-likeness (QED) is 0.734. The van der Waals surface area contributed by atoms with Gasteiger partial charge in [-0.2, -0.15) is 0 Å². The molecule has 0 aliphatic rings. The summed E-state index contributed by atoms with van der Waals surface area (Å²) in [5, 5.41) is 12.4. The highest BCUT2D eigenvalue weighted by atomic mass is 16.5. The monoisotopic (exact) mass is 265 g/mol. The number of methoxy groups -OCH3 is 1. The van der Waals surface area contributed by atoms with Crippen molar-refractivity contribution in [2.24, 2.45) is 5.92 Å². The van der Waals surface area contributed by atoms with Crippen LogP contribution < -0.4 is 5.32 Å². The summed E-state index contributed by atoms with van der Waals surface area (Å²) in [5.74, 6) is -0.420. The van der Waals surface area contributed by atoms with Crippen LogP contribution in [0.3, 0.4) is 0 Å². The van der Waals surface area contributed by atoms with Crippen LogP contribution in [0.15, 0.2) is 30.3 Å². The molecule has 4 heteroatoms. The molecule has 0 heterocycles.